The smallest absolute Gasteiger partial charge is 0.265 e. The molecule has 186 valence electrons. The van der Waals surface area contributed by atoms with Crippen LogP contribution in [0.5, 0.6) is 5.75 Å². The normalized spacial score (nSPS) is 21.2. The average Bonchev–Trinajstić information content (AvgIpc) is 3.46. The highest BCUT2D eigenvalue weighted by Gasteiger charge is 2.31. The standard InChI is InChI=1S/C28H31N5O3/c34-27(24-17-19-8-3-4-12-23(19)36-24)29-22-11-6-9-20(16-22)28(35)32-14-7-10-21(18-32)26-31-30-25-13-2-1-5-15-33(25)26/h3-4,6,8-9,11-12,16,21,24H,1-2,5,7,10,13-15,17-18H2,(H,29,34). The molecule has 2 unspecified atom stereocenters. The number of aromatic nitrogens is 3. The summed E-state index contributed by atoms with van der Waals surface area (Å²) in [6.07, 6.45) is 6.47. The van der Waals surface area contributed by atoms with E-state index >= 15 is 0 Å². The Balaban J connectivity index is 1.12. The Labute approximate surface area is 210 Å². The number of hydrogen-bond donors (Lipinski definition) is 1. The van der Waals surface area contributed by atoms with Crippen LogP contribution in [-0.4, -0.2) is 50.7 Å². The summed E-state index contributed by atoms with van der Waals surface area (Å²) in [6, 6.07) is 14.9. The Hall–Kier alpha value is -3.68. The van der Waals surface area contributed by atoms with E-state index in [1.807, 2.05) is 41.3 Å². The molecule has 1 N–H and O–H groups in total. The maximum atomic E-state index is 13.4. The fourth-order valence-electron chi connectivity index (χ4n) is 5.65. The summed E-state index contributed by atoms with van der Waals surface area (Å²) in [5.74, 6) is 2.85. The van der Waals surface area contributed by atoms with Crippen LogP contribution in [0.3, 0.4) is 0 Å². The Bertz CT molecular complexity index is 1260. The van der Waals surface area contributed by atoms with Crippen molar-refractivity contribution in [1.82, 2.24) is 19.7 Å². The van der Waals surface area contributed by atoms with Crippen LogP contribution in [0.4, 0.5) is 5.69 Å². The van der Waals surface area contributed by atoms with Crippen LogP contribution >= 0.6 is 0 Å². The fourth-order valence-corrected chi connectivity index (χ4v) is 5.65. The van der Waals surface area contributed by atoms with Gasteiger partial charge in [0.2, 0.25) is 0 Å². The number of para-hydroxylation sites is 1. The second-order valence-corrected chi connectivity index (χ2v) is 10.0. The number of rotatable bonds is 4. The summed E-state index contributed by atoms with van der Waals surface area (Å²) in [7, 11) is 0. The number of carbonyl (C=O) groups is 2. The van der Waals surface area contributed by atoms with Crippen LogP contribution in [0.1, 0.15) is 65.6 Å². The quantitative estimate of drug-likeness (QED) is 0.604. The van der Waals surface area contributed by atoms with Gasteiger partial charge in [0.1, 0.15) is 17.4 Å². The zero-order valence-electron chi connectivity index (χ0n) is 20.4. The SMILES string of the molecule is O=C(Nc1cccc(C(=O)N2CCCC(c3nnc4n3CCCCC4)C2)c1)C1Cc2ccccc2O1. The van der Waals surface area contributed by atoms with Crippen molar-refractivity contribution in [3.05, 3.63) is 71.3 Å². The molecule has 4 heterocycles. The van der Waals surface area contributed by atoms with E-state index in [1.54, 1.807) is 12.1 Å². The first-order chi connectivity index (χ1) is 17.7. The van der Waals surface area contributed by atoms with Crippen molar-refractivity contribution in [2.24, 2.45) is 0 Å². The largest absolute Gasteiger partial charge is 0.480 e. The van der Waals surface area contributed by atoms with Gasteiger partial charge in [-0.05, 0) is 55.5 Å². The molecule has 1 aromatic heterocycles. The lowest BCUT2D eigenvalue weighted by Crippen LogP contribution is -2.40. The van der Waals surface area contributed by atoms with Crippen molar-refractivity contribution in [2.75, 3.05) is 18.4 Å². The number of anilines is 1. The number of benzene rings is 2. The van der Waals surface area contributed by atoms with Crippen molar-refractivity contribution in [1.29, 1.82) is 0 Å². The number of nitrogens with zero attached hydrogens (tertiary/aromatic N) is 4. The first kappa shape index (κ1) is 22.8. The molecule has 8 nitrogen and oxygen atoms in total. The number of ether oxygens (including phenoxy) is 1. The van der Waals surface area contributed by atoms with Crippen molar-refractivity contribution >= 4 is 17.5 Å². The predicted octanol–water partition coefficient (Wildman–Crippen LogP) is 3.97. The van der Waals surface area contributed by atoms with E-state index in [2.05, 4.69) is 20.1 Å². The van der Waals surface area contributed by atoms with Gasteiger partial charge < -0.3 is 19.5 Å². The van der Waals surface area contributed by atoms with Gasteiger partial charge in [0.05, 0.1) is 0 Å². The van der Waals surface area contributed by atoms with Gasteiger partial charge >= 0.3 is 0 Å². The molecule has 0 bridgehead atoms. The lowest BCUT2D eigenvalue weighted by atomic mass is 9.96. The van der Waals surface area contributed by atoms with Gasteiger partial charge in [-0.2, -0.15) is 0 Å². The molecule has 3 aliphatic heterocycles. The third kappa shape index (κ3) is 4.47. The third-order valence-electron chi connectivity index (χ3n) is 7.53. The second kappa shape index (κ2) is 9.76. The molecular weight excluding hydrogens is 454 g/mol. The van der Waals surface area contributed by atoms with E-state index < -0.39 is 6.10 Å². The molecule has 8 heteroatoms. The minimum atomic E-state index is -0.567. The molecule has 1 fully saturated rings. The zero-order valence-corrected chi connectivity index (χ0v) is 20.4. The molecule has 2 amide bonds. The molecule has 0 radical (unpaired) electrons. The summed E-state index contributed by atoms with van der Waals surface area (Å²) < 4.78 is 8.10. The molecular formula is C28H31N5O3. The van der Waals surface area contributed by atoms with Crippen LogP contribution in [0.2, 0.25) is 0 Å². The van der Waals surface area contributed by atoms with E-state index in [0.29, 0.717) is 24.2 Å². The number of nitrogens with one attached hydrogen (secondary N) is 1. The highest BCUT2D eigenvalue weighted by molar-refractivity contribution is 5.98. The molecule has 3 aromatic rings. The van der Waals surface area contributed by atoms with Crippen LogP contribution in [0.15, 0.2) is 48.5 Å². The number of piperidine rings is 1. The molecule has 3 aliphatic rings. The Morgan fingerprint density at radius 3 is 2.81 bits per heavy atom. The minimum Gasteiger partial charge on any atom is -0.480 e. The van der Waals surface area contributed by atoms with Gasteiger partial charge in [0, 0.05) is 49.6 Å². The summed E-state index contributed by atoms with van der Waals surface area (Å²) in [4.78, 5) is 28.2. The maximum absolute atomic E-state index is 13.4. The second-order valence-electron chi connectivity index (χ2n) is 10.0. The third-order valence-corrected chi connectivity index (χ3v) is 7.53. The molecule has 6 rings (SSSR count). The monoisotopic (exact) mass is 485 g/mol. The number of likely N-dealkylation sites (tertiary alicyclic amines) is 1. The van der Waals surface area contributed by atoms with Crippen molar-refractivity contribution in [3.63, 3.8) is 0 Å². The molecule has 0 aliphatic carbocycles. The molecule has 2 aromatic carbocycles. The van der Waals surface area contributed by atoms with Crippen molar-refractivity contribution in [3.8, 4) is 5.75 Å². The lowest BCUT2D eigenvalue weighted by Gasteiger charge is -2.32. The van der Waals surface area contributed by atoms with Crippen LogP contribution in [0, 0.1) is 0 Å². The van der Waals surface area contributed by atoms with E-state index in [4.69, 9.17) is 4.74 Å². The van der Waals surface area contributed by atoms with Crippen LogP contribution in [0.25, 0.3) is 0 Å². The van der Waals surface area contributed by atoms with Gasteiger partial charge in [-0.1, -0.05) is 30.7 Å². The van der Waals surface area contributed by atoms with Crippen molar-refractivity contribution in [2.45, 2.75) is 63.5 Å². The minimum absolute atomic E-state index is 0.0177. The summed E-state index contributed by atoms with van der Waals surface area (Å²) >= 11 is 0. The van der Waals surface area contributed by atoms with Gasteiger partial charge in [-0.25, -0.2) is 0 Å². The van der Waals surface area contributed by atoms with Gasteiger partial charge in [-0.3, -0.25) is 9.59 Å². The molecule has 0 saturated carbocycles. The van der Waals surface area contributed by atoms with E-state index in [0.717, 1.165) is 61.7 Å². The summed E-state index contributed by atoms with van der Waals surface area (Å²) in [5, 5.41) is 11.9. The number of aryl methyl sites for hydroxylation is 1. The van der Waals surface area contributed by atoms with Gasteiger partial charge in [0.15, 0.2) is 6.10 Å². The summed E-state index contributed by atoms with van der Waals surface area (Å²) in [6.45, 7) is 2.34. The topological polar surface area (TPSA) is 89.4 Å². The molecule has 1 saturated heterocycles. The Morgan fingerprint density at radius 1 is 0.972 bits per heavy atom. The number of carbonyl (C=O) groups excluding carboxylic acids is 2. The maximum Gasteiger partial charge on any atom is 0.265 e. The van der Waals surface area contributed by atoms with Gasteiger partial charge in [0.25, 0.3) is 11.8 Å². The first-order valence-corrected chi connectivity index (χ1v) is 13.0. The number of hydrogen-bond acceptors (Lipinski definition) is 5. The molecule has 36 heavy (non-hydrogen) atoms. The Kier molecular flexibility index (Phi) is 6.17. The van der Waals surface area contributed by atoms with E-state index in [9.17, 15) is 9.59 Å². The Morgan fingerprint density at radius 2 is 1.89 bits per heavy atom. The molecule has 0 spiro atoms. The number of fused-ring (bicyclic) bond motifs is 2. The zero-order chi connectivity index (χ0) is 24.5. The van der Waals surface area contributed by atoms with Crippen LogP contribution in [-0.2, 0) is 24.2 Å². The summed E-state index contributed by atoms with van der Waals surface area (Å²) in [5.41, 5.74) is 2.21. The number of amides is 2. The predicted molar refractivity (Wildman–Crippen MR) is 135 cm³/mol. The molecule has 2 atom stereocenters. The fraction of sp³-hybridized carbons (Fsp3) is 0.429. The lowest BCUT2D eigenvalue weighted by molar-refractivity contribution is -0.122. The first-order valence-electron chi connectivity index (χ1n) is 13.0. The van der Waals surface area contributed by atoms with Crippen molar-refractivity contribution < 1.29 is 14.3 Å². The highest BCUT2D eigenvalue weighted by Crippen LogP contribution is 2.30. The van der Waals surface area contributed by atoms with Gasteiger partial charge in [-0.15, -0.1) is 10.2 Å². The highest BCUT2D eigenvalue weighted by atomic mass is 16.5. The van der Waals surface area contributed by atoms with E-state index in [1.165, 1.54) is 12.8 Å². The van der Waals surface area contributed by atoms with Crippen LogP contribution < -0.4 is 10.1 Å². The van der Waals surface area contributed by atoms with E-state index in [-0.39, 0.29) is 17.7 Å². The average molecular weight is 486 g/mol.